The number of phenols is 1. The summed E-state index contributed by atoms with van der Waals surface area (Å²) in [6, 6.07) is 4.44. The van der Waals surface area contributed by atoms with E-state index in [4.69, 9.17) is 9.47 Å². The van der Waals surface area contributed by atoms with Gasteiger partial charge in [0.25, 0.3) is 5.91 Å². The maximum absolute atomic E-state index is 12.1. The molecule has 1 amide bonds. The summed E-state index contributed by atoms with van der Waals surface area (Å²) < 4.78 is 10.0. The van der Waals surface area contributed by atoms with Crippen molar-refractivity contribution in [3.05, 3.63) is 23.8 Å². The monoisotopic (exact) mass is 307 g/mol. The van der Waals surface area contributed by atoms with Crippen molar-refractivity contribution < 1.29 is 24.2 Å². The van der Waals surface area contributed by atoms with Gasteiger partial charge in [0.15, 0.2) is 6.61 Å². The first-order valence-corrected chi connectivity index (χ1v) is 7.36. The third-order valence-corrected chi connectivity index (χ3v) is 3.87. The number of methoxy groups -OCH3 is 1. The van der Waals surface area contributed by atoms with Gasteiger partial charge in [-0.2, -0.15) is 0 Å². The van der Waals surface area contributed by atoms with E-state index >= 15 is 0 Å². The number of aromatic hydroxyl groups is 1. The number of amides is 1. The predicted octanol–water partition coefficient (Wildman–Crippen LogP) is 1.96. The number of nitrogens with zero attached hydrogens (tertiary/aromatic N) is 1. The predicted molar refractivity (Wildman–Crippen MR) is 80.0 cm³/mol. The molecule has 1 heterocycles. The van der Waals surface area contributed by atoms with Crippen molar-refractivity contribution in [1.29, 1.82) is 0 Å². The topological polar surface area (TPSA) is 76.1 Å². The normalized spacial score (nSPS) is 17.9. The van der Waals surface area contributed by atoms with Crippen LogP contribution < -0.4 is 4.74 Å². The summed E-state index contributed by atoms with van der Waals surface area (Å²) in [6.45, 7) is 2.37. The molecule has 0 spiro atoms. The summed E-state index contributed by atoms with van der Waals surface area (Å²) in [7, 11) is 1.46. The molecule has 120 valence electrons. The maximum Gasteiger partial charge on any atom is 0.342 e. The third-order valence-electron chi connectivity index (χ3n) is 3.87. The first kappa shape index (κ1) is 16.1. The zero-order chi connectivity index (χ0) is 16.1. The Morgan fingerprint density at radius 2 is 2.14 bits per heavy atom. The second-order valence-corrected chi connectivity index (χ2v) is 5.39. The van der Waals surface area contributed by atoms with Crippen LogP contribution in [0.5, 0.6) is 11.5 Å². The lowest BCUT2D eigenvalue weighted by molar-refractivity contribution is -0.137. The minimum absolute atomic E-state index is 0.0150. The molecular formula is C16H21NO5. The van der Waals surface area contributed by atoms with Gasteiger partial charge in [-0.25, -0.2) is 4.79 Å². The van der Waals surface area contributed by atoms with E-state index in [1.54, 1.807) is 4.90 Å². The summed E-state index contributed by atoms with van der Waals surface area (Å²) in [5.74, 6) is -0.720. The van der Waals surface area contributed by atoms with Gasteiger partial charge in [-0.1, -0.05) is 0 Å². The number of carbonyl (C=O) groups excluding carboxylic acids is 2. The van der Waals surface area contributed by atoms with Gasteiger partial charge < -0.3 is 19.5 Å². The van der Waals surface area contributed by atoms with Crippen LogP contribution in [0.2, 0.25) is 0 Å². The van der Waals surface area contributed by atoms with Crippen LogP contribution in [0.25, 0.3) is 0 Å². The fraction of sp³-hybridized carbons (Fsp3) is 0.500. The zero-order valence-corrected chi connectivity index (χ0v) is 12.9. The molecule has 2 rings (SSSR count). The molecular weight excluding hydrogens is 286 g/mol. The molecule has 0 saturated carbocycles. The third kappa shape index (κ3) is 3.69. The first-order chi connectivity index (χ1) is 10.5. The summed E-state index contributed by atoms with van der Waals surface area (Å²) in [5.41, 5.74) is -0.0150. The SMILES string of the molecule is COc1ccc(O)c(C(=O)OCC(=O)N2CCCC[C@H]2C)c1. The fourth-order valence-electron chi connectivity index (χ4n) is 2.56. The highest BCUT2D eigenvalue weighted by atomic mass is 16.5. The quantitative estimate of drug-likeness (QED) is 0.861. The molecule has 1 atom stereocenters. The van der Waals surface area contributed by atoms with Gasteiger partial charge in [-0.05, 0) is 44.4 Å². The Morgan fingerprint density at radius 3 is 2.82 bits per heavy atom. The number of rotatable bonds is 4. The minimum Gasteiger partial charge on any atom is -0.507 e. The van der Waals surface area contributed by atoms with E-state index in [0.29, 0.717) is 12.3 Å². The Hall–Kier alpha value is -2.24. The van der Waals surface area contributed by atoms with Crippen molar-refractivity contribution >= 4 is 11.9 Å². The van der Waals surface area contributed by atoms with Crippen molar-refractivity contribution in [3.8, 4) is 11.5 Å². The molecule has 1 saturated heterocycles. The van der Waals surface area contributed by atoms with Gasteiger partial charge >= 0.3 is 5.97 Å². The van der Waals surface area contributed by atoms with Crippen LogP contribution in [-0.2, 0) is 9.53 Å². The molecule has 1 N–H and O–H groups in total. The molecule has 6 nitrogen and oxygen atoms in total. The highest BCUT2D eigenvalue weighted by Crippen LogP contribution is 2.23. The number of hydrogen-bond acceptors (Lipinski definition) is 5. The van der Waals surface area contributed by atoms with Gasteiger partial charge in [0.1, 0.15) is 17.1 Å². The second kappa shape index (κ2) is 7.15. The Morgan fingerprint density at radius 1 is 1.36 bits per heavy atom. The minimum atomic E-state index is -0.741. The molecule has 6 heteroatoms. The van der Waals surface area contributed by atoms with Crippen molar-refractivity contribution in [1.82, 2.24) is 4.90 Å². The first-order valence-electron chi connectivity index (χ1n) is 7.36. The van der Waals surface area contributed by atoms with Crippen LogP contribution >= 0.6 is 0 Å². The van der Waals surface area contributed by atoms with Crippen LogP contribution in [0.4, 0.5) is 0 Å². The van der Waals surface area contributed by atoms with E-state index < -0.39 is 5.97 Å². The van der Waals surface area contributed by atoms with Gasteiger partial charge in [0.2, 0.25) is 0 Å². The number of piperidine rings is 1. The fourth-order valence-corrected chi connectivity index (χ4v) is 2.56. The Kier molecular flexibility index (Phi) is 5.25. The highest BCUT2D eigenvalue weighted by Gasteiger charge is 2.24. The van der Waals surface area contributed by atoms with E-state index in [1.807, 2.05) is 6.92 Å². The highest BCUT2D eigenvalue weighted by molar-refractivity contribution is 5.94. The summed E-state index contributed by atoms with van der Waals surface area (Å²) >= 11 is 0. The molecule has 1 aromatic carbocycles. The van der Waals surface area contributed by atoms with Gasteiger partial charge in [-0.3, -0.25) is 4.79 Å². The second-order valence-electron chi connectivity index (χ2n) is 5.39. The number of ether oxygens (including phenoxy) is 2. The average molecular weight is 307 g/mol. The molecule has 1 aliphatic heterocycles. The molecule has 0 aromatic heterocycles. The Bertz CT molecular complexity index is 557. The smallest absolute Gasteiger partial charge is 0.342 e. The standard InChI is InChI=1S/C16H21NO5/c1-11-5-3-4-8-17(11)15(19)10-22-16(20)13-9-12(21-2)6-7-14(13)18/h6-7,9,11,18H,3-5,8,10H2,1-2H3/t11-/m1/s1. The molecule has 1 fully saturated rings. The van der Waals surface area contributed by atoms with E-state index in [-0.39, 0.29) is 29.9 Å². The van der Waals surface area contributed by atoms with Crippen LogP contribution in [0.1, 0.15) is 36.5 Å². The Labute approximate surface area is 129 Å². The van der Waals surface area contributed by atoms with Crippen LogP contribution in [0, 0.1) is 0 Å². The summed E-state index contributed by atoms with van der Waals surface area (Å²) in [6.07, 6.45) is 3.06. The lowest BCUT2D eigenvalue weighted by Crippen LogP contribution is -2.44. The van der Waals surface area contributed by atoms with Crippen LogP contribution in [-0.4, -0.2) is 48.2 Å². The van der Waals surface area contributed by atoms with Crippen molar-refractivity contribution in [2.24, 2.45) is 0 Å². The molecule has 0 radical (unpaired) electrons. The van der Waals surface area contributed by atoms with Gasteiger partial charge in [-0.15, -0.1) is 0 Å². The van der Waals surface area contributed by atoms with Crippen LogP contribution in [0.3, 0.4) is 0 Å². The number of hydrogen-bond donors (Lipinski definition) is 1. The average Bonchev–Trinajstić information content (AvgIpc) is 2.53. The van der Waals surface area contributed by atoms with E-state index in [0.717, 1.165) is 19.3 Å². The number of phenolic OH excluding ortho intramolecular Hbond substituents is 1. The van der Waals surface area contributed by atoms with E-state index in [2.05, 4.69) is 0 Å². The largest absolute Gasteiger partial charge is 0.507 e. The molecule has 22 heavy (non-hydrogen) atoms. The Balaban J connectivity index is 1.96. The summed E-state index contributed by atoms with van der Waals surface area (Å²) in [4.78, 5) is 25.8. The number of benzene rings is 1. The lowest BCUT2D eigenvalue weighted by Gasteiger charge is -2.33. The van der Waals surface area contributed by atoms with Crippen molar-refractivity contribution in [2.45, 2.75) is 32.2 Å². The van der Waals surface area contributed by atoms with Gasteiger partial charge in [0.05, 0.1) is 7.11 Å². The number of carbonyl (C=O) groups is 2. The number of esters is 1. The van der Waals surface area contributed by atoms with Crippen molar-refractivity contribution in [2.75, 3.05) is 20.3 Å². The van der Waals surface area contributed by atoms with Crippen LogP contribution in [0.15, 0.2) is 18.2 Å². The molecule has 1 aliphatic rings. The number of likely N-dealkylation sites (tertiary alicyclic amines) is 1. The molecule has 0 bridgehead atoms. The summed E-state index contributed by atoms with van der Waals surface area (Å²) in [5, 5.41) is 9.71. The zero-order valence-electron chi connectivity index (χ0n) is 12.9. The van der Waals surface area contributed by atoms with E-state index in [9.17, 15) is 14.7 Å². The lowest BCUT2D eigenvalue weighted by atomic mass is 10.0. The molecule has 1 aromatic rings. The molecule has 0 unspecified atom stereocenters. The molecule has 0 aliphatic carbocycles. The van der Waals surface area contributed by atoms with Crippen molar-refractivity contribution in [3.63, 3.8) is 0 Å². The maximum atomic E-state index is 12.1. The van der Waals surface area contributed by atoms with Gasteiger partial charge in [0, 0.05) is 12.6 Å². The van der Waals surface area contributed by atoms with E-state index in [1.165, 1.54) is 25.3 Å².